The van der Waals surface area contributed by atoms with Crippen molar-refractivity contribution < 1.29 is 14.7 Å². The van der Waals surface area contributed by atoms with Crippen molar-refractivity contribution in [3.63, 3.8) is 0 Å². The SMILES string of the molecule is O=C(O)CC[C@@H](NC(=O)c1ccc2nncn2c1)c1ccccc1. The average Bonchev–Trinajstić information content (AvgIpc) is 3.06. The number of benzene rings is 1. The van der Waals surface area contributed by atoms with Crippen LogP contribution in [0.4, 0.5) is 0 Å². The molecule has 1 atom stereocenters. The summed E-state index contributed by atoms with van der Waals surface area (Å²) in [6.45, 7) is 0. The normalized spacial score (nSPS) is 12.0. The molecule has 2 aromatic heterocycles. The number of carboxylic acid groups (broad SMARTS) is 1. The Morgan fingerprint density at radius 1 is 1.17 bits per heavy atom. The van der Waals surface area contributed by atoms with Crippen molar-refractivity contribution in [1.82, 2.24) is 19.9 Å². The Morgan fingerprint density at radius 2 is 1.96 bits per heavy atom. The van der Waals surface area contributed by atoms with Crippen molar-refractivity contribution in [1.29, 1.82) is 0 Å². The van der Waals surface area contributed by atoms with E-state index in [0.29, 0.717) is 17.6 Å². The van der Waals surface area contributed by atoms with Gasteiger partial charge < -0.3 is 10.4 Å². The number of hydrogen-bond acceptors (Lipinski definition) is 4. The molecule has 24 heavy (non-hydrogen) atoms. The smallest absolute Gasteiger partial charge is 0.303 e. The van der Waals surface area contributed by atoms with E-state index in [1.165, 1.54) is 6.33 Å². The Bertz CT molecular complexity index is 860. The van der Waals surface area contributed by atoms with E-state index in [9.17, 15) is 9.59 Å². The van der Waals surface area contributed by atoms with Crippen molar-refractivity contribution >= 4 is 17.5 Å². The lowest BCUT2D eigenvalue weighted by Crippen LogP contribution is -2.29. The minimum absolute atomic E-state index is 0.0235. The van der Waals surface area contributed by atoms with Gasteiger partial charge in [0.2, 0.25) is 0 Å². The molecule has 0 unspecified atom stereocenters. The highest BCUT2D eigenvalue weighted by Gasteiger charge is 2.17. The van der Waals surface area contributed by atoms with E-state index < -0.39 is 5.97 Å². The number of amides is 1. The molecule has 0 radical (unpaired) electrons. The molecule has 0 saturated carbocycles. The third-order valence-corrected chi connectivity index (χ3v) is 3.71. The number of carbonyl (C=O) groups excluding carboxylic acids is 1. The number of nitrogens with one attached hydrogen (secondary N) is 1. The number of nitrogens with zero attached hydrogens (tertiary/aromatic N) is 3. The summed E-state index contributed by atoms with van der Waals surface area (Å²) >= 11 is 0. The minimum atomic E-state index is -0.893. The Labute approximate surface area is 138 Å². The first-order valence-electron chi connectivity index (χ1n) is 7.50. The van der Waals surface area contributed by atoms with Crippen molar-refractivity contribution in [2.24, 2.45) is 0 Å². The van der Waals surface area contributed by atoms with Crippen LogP contribution in [0.3, 0.4) is 0 Å². The van der Waals surface area contributed by atoms with Gasteiger partial charge in [-0.3, -0.25) is 14.0 Å². The van der Waals surface area contributed by atoms with Gasteiger partial charge in [-0.15, -0.1) is 10.2 Å². The Kier molecular flexibility index (Phi) is 4.51. The third kappa shape index (κ3) is 3.57. The van der Waals surface area contributed by atoms with Crippen LogP contribution in [0.2, 0.25) is 0 Å². The summed E-state index contributed by atoms with van der Waals surface area (Å²) in [5, 5.41) is 19.5. The summed E-state index contributed by atoms with van der Waals surface area (Å²) in [7, 11) is 0. The molecule has 0 aliphatic carbocycles. The predicted molar refractivity (Wildman–Crippen MR) is 86.5 cm³/mol. The summed E-state index contributed by atoms with van der Waals surface area (Å²) < 4.78 is 1.66. The van der Waals surface area contributed by atoms with Crippen LogP contribution in [-0.4, -0.2) is 31.6 Å². The first-order chi connectivity index (χ1) is 11.6. The second-order valence-electron chi connectivity index (χ2n) is 5.38. The van der Waals surface area contributed by atoms with Crippen LogP contribution in [0.5, 0.6) is 0 Å². The first kappa shape index (κ1) is 15.7. The molecule has 0 saturated heterocycles. The maximum atomic E-state index is 12.5. The fourth-order valence-corrected chi connectivity index (χ4v) is 2.48. The summed E-state index contributed by atoms with van der Waals surface area (Å²) in [6.07, 6.45) is 3.46. The van der Waals surface area contributed by atoms with Crippen molar-refractivity contribution in [2.45, 2.75) is 18.9 Å². The van der Waals surface area contributed by atoms with Gasteiger partial charge in [0.1, 0.15) is 6.33 Å². The summed E-state index contributed by atoms with van der Waals surface area (Å²) in [5.41, 5.74) is 1.98. The third-order valence-electron chi connectivity index (χ3n) is 3.71. The molecule has 1 amide bonds. The molecule has 0 aliphatic rings. The van der Waals surface area contributed by atoms with Crippen LogP contribution >= 0.6 is 0 Å². The molecule has 0 fully saturated rings. The van der Waals surface area contributed by atoms with E-state index >= 15 is 0 Å². The molecule has 2 N–H and O–H groups in total. The number of carbonyl (C=O) groups is 2. The van der Waals surface area contributed by atoms with Crippen LogP contribution in [0, 0.1) is 0 Å². The number of pyridine rings is 1. The molecule has 2 heterocycles. The number of hydrogen-bond donors (Lipinski definition) is 2. The fourth-order valence-electron chi connectivity index (χ4n) is 2.48. The monoisotopic (exact) mass is 324 g/mol. The maximum Gasteiger partial charge on any atom is 0.303 e. The molecule has 3 aromatic rings. The standard InChI is InChI=1S/C17H16N4O3/c22-16(23)9-7-14(12-4-2-1-3-5-12)19-17(24)13-6-8-15-20-18-11-21(15)10-13/h1-6,8,10-11,14H,7,9H2,(H,19,24)(H,22,23)/t14-/m1/s1. The number of carboxylic acids is 1. The van der Waals surface area contributed by atoms with Crippen LogP contribution in [0.15, 0.2) is 55.0 Å². The van der Waals surface area contributed by atoms with Crippen molar-refractivity contribution in [3.8, 4) is 0 Å². The minimum Gasteiger partial charge on any atom is -0.481 e. The highest BCUT2D eigenvalue weighted by molar-refractivity contribution is 5.94. The summed E-state index contributed by atoms with van der Waals surface area (Å²) in [5.74, 6) is -1.17. The van der Waals surface area contributed by atoms with Gasteiger partial charge in [0.05, 0.1) is 11.6 Å². The molecule has 0 aliphatic heterocycles. The van der Waals surface area contributed by atoms with E-state index in [0.717, 1.165) is 5.56 Å². The number of aromatic nitrogens is 3. The lowest BCUT2D eigenvalue weighted by Gasteiger charge is -2.18. The molecule has 7 nitrogen and oxygen atoms in total. The highest BCUT2D eigenvalue weighted by atomic mass is 16.4. The van der Waals surface area contributed by atoms with Crippen LogP contribution < -0.4 is 5.32 Å². The molecular weight excluding hydrogens is 308 g/mol. The van der Waals surface area contributed by atoms with Crippen molar-refractivity contribution in [2.75, 3.05) is 0 Å². The lowest BCUT2D eigenvalue weighted by molar-refractivity contribution is -0.137. The number of aliphatic carboxylic acids is 1. The second-order valence-corrected chi connectivity index (χ2v) is 5.38. The Morgan fingerprint density at radius 3 is 2.71 bits per heavy atom. The quantitative estimate of drug-likeness (QED) is 0.723. The van der Waals surface area contributed by atoms with Gasteiger partial charge in [-0.05, 0) is 24.1 Å². The maximum absolute atomic E-state index is 12.5. The largest absolute Gasteiger partial charge is 0.481 e. The van der Waals surface area contributed by atoms with Gasteiger partial charge >= 0.3 is 5.97 Å². The van der Waals surface area contributed by atoms with E-state index in [-0.39, 0.29) is 18.4 Å². The summed E-state index contributed by atoms with van der Waals surface area (Å²) in [4.78, 5) is 23.4. The molecule has 0 bridgehead atoms. The second kappa shape index (κ2) is 6.91. The lowest BCUT2D eigenvalue weighted by atomic mass is 10.0. The molecule has 0 spiro atoms. The molecule has 1 aromatic carbocycles. The van der Waals surface area contributed by atoms with Gasteiger partial charge in [0, 0.05) is 12.6 Å². The van der Waals surface area contributed by atoms with Gasteiger partial charge in [-0.2, -0.15) is 0 Å². The molecule has 7 heteroatoms. The van der Waals surface area contributed by atoms with Crippen LogP contribution in [0.25, 0.3) is 5.65 Å². The predicted octanol–water partition coefficient (Wildman–Crippen LogP) is 2.07. The molecule has 122 valence electrons. The average molecular weight is 324 g/mol. The zero-order valence-corrected chi connectivity index (χ0v) is 12.8. The fraction of sp³-hybridized carbons (Fsp3) is 0.176. The first-order valence-corrected chi connectivity index (χ1v) is 7.50. The highest BCUT2D eigenvalue weighted by Crippen LogP contribution is 2.19. The Balaban J connectivity index is 1.80. The zero-order chi connectivity index (χ0) is 16.9. The zero-order valence-electron chi connectivity index (χ0n) is 12.8. The van der Waals surface area contributed by atoms with Gasteiger partial charge in [0.25, 0.3) is 5.91 Å². The number of rotatable bonds is 6. The van der Waals surface area contributed by atoms with E-state index in [4.69, 9.17) is 5.11 Å². The van der Waals surface area contributed by atoms with E-state index in [1.807, 2.05) is 30.3 Å². The van der Waals surface area contributed by atoms with E-state index in [1.54, 1.807) is 22.7 Å². The van der Waals surface area contributed by atoms with E-state index in [2.05, 4.69) is 15.5 Å². The molecule has 3 rings (SSSR count). The van der Waals surface area contributed by atoms with Gasteiger partial charge in [0.15, 0.2) is 5.65 Å². The van der Waals surface area contributed by atoms with Crippen molar-refractivity contribution in [3.05, 3.63) is 66.1 Å². The molecular formula is C17H16N4O3. The van der Waals surface area contributed by atoms with Crippen LogP contribution in [-0.2, 0) is 4.79 Å². The van der Waals surface area contributed by atoms with Gasteiger partial charge in [-0.1, -0.05) is 30.3 Å². The summed E-state index contributed by atoms with van der Waals surface area (Å²) in [6, 6.07) is 12.3. The Hall–Kier alpha value is -3.22. The topological polar surface area (TPSA) is 96.6 Å². The number of fused-ring (bicyclic) bond motifs is 1. The van der Waals surface area contributed by atoms with Gasteiger partial charge in [-0.25, -0.2) is 0 Å². The van der Waals surface area contributed by atoms with Crippen LogP contribution in [0.1, 0.15) is 34.8 Å².